The van der Waals surface area contributed by atoms with Crippen molar-refractivity contribution in [1.29, 1.82) is 0 Å². The number of nitrogens with zero attached hydrogens (tertiary/aromatic N) is 1. The second-order valence-electron chi connectivity index (χ2n) is 5.34. The van der Waals surface area contributed by atoms with Crippen molar-refractivity contribution in [3.63, 3.8) is 0 Å². The van der Waals surface area contributed by atoms with E-state index in [2.05, 4.69) is 10.3 Å². The minimum Gasteiger partial charge on any atom is -0.496 e. The lowest BCUT2D eigenvalue weighted by molar-refractivity contribution is 0.0935. The monoisotopic (exact) mass is 322 g/mol. The predicted molar refractivity (Wildman–Crippen MR) is 90.8 cm³/mol. The first-order valence-corrected chi connectivity index (χ1v) is 7.62. The van der Waals surface area contributed by atoms with Crippen LogP contribution in [0.2, 0.25) is 0 Å². The summed E-state index contributed by atoms with van der Waals surface area (Å²) in [4.78, 5) is 16.9. The topological polar surface area (TPSA) is 64.4 Å². The highest BCUT2D eigenvalue weighted by molar-refractivity contribution is 5.96. The third-order valence-corrected chi connectivity index (χ3v) is 3.72. The summed E-state index contributed by atoms with van der Waals surface area (Å²) in [5, 5.41) is 2.92. The lowest BCUT2D eigenvalue weighted by Gasteiger charge is -2.13. The van der Waals surface area contributed by atoms with E-state index in [4.69, 9.17) is 9.15 Å². The molecule has 0 saturated carbocycles. The van der Waals surface area contributed by atoms with E-state index in [0.717, 1.165) is 11.3 Å². The predicted octanol–water partition coefficient (Wildman–Crippen LogP) is 3.84. The smallest absolute Gasteiger partial charge is 0.251 e. The van der Waals surface area contributed by atoms with Gasteiger partial charge in [0.2, 0.25) is 0 Å². The highest BCUT2D eigenvalue weighted by Gasteiger charge is 2.16. The van der Waals surface area contributed by atoms with Crippen molar-refractivity contribution in [1.82, 2.24) is 10.3 Å². The van der Waals surface area contributed by atoms with Crippen LogP contribution >= 0.6 is 0 Å². The van der Waals surface area contributed by atoms with Crippen molar-refractivity contribution in [2.45, 2.75) is 13.0 Å². The number of nitrogens with one attached hydrogen (secondary N) is 1. The Morgan fingerprint density at radius 3 is 2.75 bits per heavy atom. The zero-order valence-corrected chi connectivity index (χ0v) is 13.5. The Hall–Kier alpha value is -3.08. The summed E-state index contributed by atoms with van der Waals surface area (Å²) < 4.78 is 10.7. The highest BCUT2D eigenvalue weighted by atomic mass is 16.5. The van der Waals surface area contributed by atoms with Crippen LogP contribution in [0.25, 0.3) is 11.3 Å². The maximum atomic E-state index is 12.5. The van der Waals surface area contributed by atoms with Crippen LogP contribution < -0.4 is 10.1 Å². The molecule has 3 rings (SSSR count). The van der Waals surface area contributed by atoms with Gasteiger partial charge in [0.25, 0.3) is 5.91 Å². The molecule has 0 aliphatic carbocycles. The second kappa shape index (κ2) is 7.00. The van der Waals surface area contributed by atoms with Crippen molar-refractivity contribution in [2.75, 3.05) is 7.11 Å². The van der Waals surface area contributed by atoms with Gasteiger partial charge in [-0.25, -0.2) is 0 Å². The second-order valence-corrected chi connectivity index (χ2v) is 5.34. The summed E-state index contributed by atoms with van der Waals surface area (Å²) in [5.74, 6) is 1.20. The Labute approximate surface area is 140 Å². The van der Waals surface area contributed by atoms with Crippen molar-refractivity contribution in [3.8, 4) is 17.0 Å². The number of carbonyl (C=O) groups excluding carboxylic acids is 1. The minimum atomic E-state index is -0.215. The third kappa shape index (κ3) is 3.30. The Bertz CT molecular complexity index is 814. The van der Waals surface area contributed by atoms with Crippen LogP contribution in [0.3, 0.4) is 0 Å². The average molecular weight is 322 g/mol. The molecule has 1 aromatic carbocycles. The summed E-state index contributed by atoms with van der Waals surface area (Å²) in [6.07, 6.45) is 3.30. The molecule has 24 heavy (non-hydrogen) atoms. The van der Waals surface area contributed by atoms with Gasteiger partial charge >= 0.3 is 0 Å². The molecule has 0 spiro atoms. The number of carbonyl (C=O) groups is 1. The summed E-state index contributed by atoms with van der Waals surface area (Å²) in [6.45, 7) is 1.87. The molecule has 0 unspecified atom stereocenters. The number of ether oxygens (including phenoxy) is 1. The standard InChI is InChI=1S/C19H18N2O3/c1-13(17-7-5-11-24-17)21-19(22)14-8-9-18(23-2)15(12-14)16-6-3-4-10-20-16/h3-13H,1-2H3,(H,21,22)/t13-/m0/s1. The van der Waals surface area contributed by atoms with Gasteiger partial charge in [0, 0.05) is 17.3 Å². The molecular formula is C19H18N2O3. The van der Waals surface area contributed by atoms with Gasteiger partial charge in [0.1, 0.15) is 11.5 Å². The summed E-state index contributed by atoms with van der Waals surface area (Å²) in [5.41, 5.74) is 2.06. The number of pyridine rings is 1. The van der Waals surface area contributed by atoms with E-state index in [-0.39, 0.29) is 11.9 Å². The normalized spacial score (nSPS) is 11.8. The van der Waals surface area contributed by atoms with Crippen LogP contribution in [-0.4, -0.2) is 18.0 Å². The first-order chi connectivity index (χ1) is 11.7. The third-order valence-electron chi connectivity index (χ3n) is 3.72. The minimum absolute atomic E-state index is 0.182. The Balaban J connectivity index is 1.87. The fourth-order valence-electron chi connectivity index (χ4n) is 2.46. The van der Waals surface area contributed by atoms with Crippen LogP contribution in [0.1, 0.15) is 29.1 Å². The lowest BCUT2D eigenvalue weighted by atomic mass is 10.1. The van der Waals surface area contributed by atoms with E-state index < -0.39 is 0 Å². The molecule has 0 bridgehead atoms. The largest absolute Gasteiger partial charge is 0.496 e. The molecule has 3 aromatic rings. The van der Waals surface area contributed by atoms with Gasteiger partial charge in [-0.15, -0.1) is 0 Å². The molecule has 1 atom stereocenters. The van der Waals surface area contributed by atoms with Gasteiger partial charge in [0.15, 0.2) is 0 Å². The van der Waals surface area contributed by atoms with Crippen LogP contribution in [0.4, 0.5) is 0 Å². The summed E-state index contributed by atoms with van der Waals surface area (Å²) in [7, 11) is 1.60. The molecule has 5 nitrogen and oxygen atoms in total. The number of furan rings is 1. The molecular weight excluding hydrogens is 304 g/mol. The molecule has 1 amide bonds. The van der Waals surface area contributed by atoms with Crippen LogP contribution in [0.5, 0.6) is 5.75 Å². The van der Waals surface area contributed by atoms with Crippen LogP contribution in [-0.2, 0) is 0 Å². The summed E-state index contributed by atoms with van der Waals surface area (Å²) >= 11 is 0. The van der Waals surface area contributed by atoms with Gasteiger partial charge in [-0.3, -0.25) is 9.78 Å². The molecule has 5 heteroatoms. The van der Waals surface area contributed by atoms with Gasteiger partial charge in [-0.2, -0.15) is 0 Å². The average Bonchev–Trinajstić information content (AvgIpc) is 3.16. The molecule has 0 fully saturated rings. The number of rotatable bonds is 5. The first kappa shape index (κ1) is 15.8. The molecule has 0 aliphatic rings. The van der Waals surface area contributed by atoms with E-state index in [9.17, 15) is 4.79 Å². The van der Waals surface area contributed by atoms with E-state index >= 15 is 0 Å². The molecule has 122 valence electrons. The van der Waals surface area contributed by atoms with Crippen molar-refractivity contribution >= 4 is 5.91 Å². The SMILES string of the molecule is COc1ccc(C(=O)N[C@@H](C)c2ccco2)cc1-c1ccccn1. The van der Waals surface area contributed by atoms with E-state index in [1.54, 1.807) is 43.8 Å². The number of amides is 1. The molecule has 2 heterocycles. The van der Waals surface area contributed by atoms with Gasteiger partial charge < -0.3 is 14.5 Å². The fourth-order valence-corrected chi connectivity index (χ4v) is 2.46. The lowest BCUT2D eigenvalue weighted by Crippen LogP contribution is -2.26. The quantitative estimate of drug-likeness (QED) is 0.775. The van der Waals surface area contributed by atoms with E-state index in [1.165, 1.54) is 0 Å². The van der Waals surface area contributed by atoms with E-state index in [0.29, 0.717) is 17.1 Å². The van der Waals surface area contributed by atoms with Gasteiger partial charge in [0.05, 0.1) is 25.1 Å². The van der Waals surface area contributed by atoms with Crippen LogP contribution in [0.15, 0.2) is 65.4 Å². The van der Waals surface area contributed by atoms with Gasteiger partial charge in [-0.05, 0) is 49.4 Å². The molecule has 0 radical (unpaired) electrons. The van der Waals surface area contributed by atoms with Gasteiger partial charge in [-0.1, -0.05) is 6.07 Å². The fraction of sp³-hybridized carbons (Fsp3) is 0.158. The Morgan fingerprint density at radius 2 is 2.08 bits per heavy atom. The maximum absolute atomic E-state index is 12.5. The van der Waals surface area contributed by atoms with Crippen molar-refractivity contribution < 1.29 is 13.9 Å². The van der Waals surface area contributed by atoms with Crippen molar-refractivity contribution in [3.05, 3.63) is 72.3 Å². The Kier molecular flexibility index (Phi) is 4.61. The number of benzene rings is 1. The molecule has 2 aromatic heterocycles. The molecule has 0 saturated heterocycles. The first-order valence-electron chi connectivity index (χ1n) is 7.62. The highest BCUT2D eigenvalue weighted by Crippen LogP contribution is 2.29. The summed E-state index contributed by atoms with van der Waals surface area (Å²) in [6, 6.07) is 14.3. The zero-order valence-electron chi connectivity index (χ0n) is 13.5. The zero-order chi connectivity index (χ0) is 16.9. The molecule has 1 N–H and O–H groups in total. The number of aromatic nitrogens is 1. The van der Waals surface area contributed by atoms with E-state index in [1.807, 2.05) is 31.2 Å². The maximum Gasteiger partial charge on any atom is 0.251 e. The Morgan fingerprint density at radius 1 is 1.21 bits per heavy atom. The van der Waals surface area contributed by atoms with Crippen molar-refractivity contribution in [2.24, 2.45) is 0 Å². The van der Waals surface area contributed by atoms with Crippen LogP contribution in [0, 0.1) is 0 Å². The molecule has 0 aliphatic heterocycles. The number of hydrogen-bond acceptors (Lipinski definition) is 4. The number of methoxy groups -OCH3 is 1. The number of hydrogen-bond donors (Lipinski definition) is 1.